The molecule has 0 saturated carbocycles. The van der Waals surface area contributed by atoms with Crippen molar-refractivity contribution in [3.05, 3.63) is 30.1 Å². The fraction of sp³-hybridized carbons (Fsp3) is 0.667. The smallest absolute Gasteiger partial charge is 0.191 e. The first-order valence-corrected chi connectivity index (χ1v) is 9.11. The lowest BCUT2D eigenvalue weighted by Gasteiger charge is -2.32. The third kappa shape index (κ3) is 7.27. The van der Waals surface area contributed by atoms with Crippen LogP contribution in [-0.2, 0) is 6.54 Å². The minimum atomic E-state index is 0.609. The number of pyridine rings is 1. The number of piperazine rings is 1. The number of nitrogens with one attached hydrogen (secondary N) is 2. The van der Waals surface area contributed by atoms with E-state index in [1.807, 2.05) is 24.4 Å². The minimum Gasteiger partial charge on any atom is -0.357 e. The van der Waals surface area contributed by atoms with Gasteiger partial charge in [-0.3, -0.25) is 4.98 Å². The maximum Gasteiger partial charge on any atom is 0.191 e. The first kappa shape index (κ1) is 18.7. The maximum absolute atomic E-state index is 4.60. The van der Waals surface area contributed by atoms with Crippen LogP contribution in [0.2, 0.25) is 0 Å². The molecule has 1 aromatic rings. The molecule has 0 aromatic carbocycles. The molecule has 0 amide bonds. The molecule has 2 heterocycles. The number of unbranched alkanes of at least 4 members (excludes halogenated alkanes) is 1. The van der Waals surface area contributed by atoms with E-state index in [1.54, 1.807) is 0 Å². The molecule has 1 aliphatic rings. The lowest BCUT2D eigenvalue weighted by Crippen LogP contribution is -2.44. The molecule has 1 aromatic heterocycles. The minimum absolute atomic E-state index is 0.609. The Bertz CT molecular complexity index is 468. The summed E-state index contributed by atoms with van der Waals surface area (Å²) < 4.78 is 0. The Balaban J connectivity index is 1.62. The zero-order valence-electron chi connectivity index (χ0n) is 15.2. The van der Waals surface area contributed by atoms with Crippen molar-refractivity contribution in [1.29, 1.82) is 0 Å². The molecule has 6 heteroatoms. The van der Waals surface area contributed by atoms with Gasteiger partial charge >= 0.3 is 0 Å². The zero-order chi connectivity index (χ0) is 17.0. The summed E-state index contributed by atoms with van der Waals surface area (Å²) in [6.07, 6.45) is 4.21. The lowest BCUT2D eigenvalue weighted by molar-refractivity contribution is 0.152. The molecule has 0 unspecified atom stereocenters. The molecule has 0 aliphatic carbocycles. The number of likely N-dealkylation sites (N-methyl/N-ethyl adjacent to an activating group) is 1. The topological polar surface area (TPSA) is 55.8 Å². The molecule has 2 rings (SSSR count). The highest BCUT2D eigenvalue weighted by Gasteiger charge is 2.12. The highest BCUT2D eigenvalue weighted by molar-refractivity contribution is 5.79. The van der Waals surface area contributed by atoms with Crippen LogP contribution in [-0.4, -0.2) is 73.6 Å². The summed E-state index contributed by atoms with van der Waals surface area (Å²) in [7, 11) is 2.20. The van der Waals surface area contributed by atoms with Crippen molar-refractivity contribution in [1.82, 2.24) is 25.4 Å². The highest BCUT2D eigenvalue weighted by Crippen LogP contribution is 2.01. The van der Waals surface area contributed by atoms with E-state index in [0.717, 1.165) is 24.7 Å². The Morgan fingerprint density at radius 1 is 1.17 bits per heavy atom. The van der Waals surface area contributed by atoms with E-state index in [2.05, 4.69) is 44.4 Å². The number of hydrogen-bond donors (Lipinski definition) is 2. The second-order valence-corrected chi connectivity index (χ2v) is 6.30. The fourth-order valence-corrected chi connectivity index (χ4v) is 2.73. The third-order valence-corrected chi connectivity index (χ3v) is 4.26. The monoisotopic (exact) mass is 332 g/mol. The second kappa shape index (κ2) is 11.0. The Kier molecular flexibility index (Phi) is 8.55. The van der Waals surface area contributed by atoms with Crippen LogP contribution in [0.5, 0.6) is 0 Å². The maximum atomic E-state index is 4.60. The van der Waals surface area contributed by atoms with Crippen LogP contribution in [0.1, 0.15) is 25.5 Å². The van der Waals surface area contributed by atoms with Crippen molar-refractivity contribution < 1.29 is 0 Å². The van der Waals surface area contributed by atoms with Crippen LogP contribution >= 0.6 is 0 Å². The third-order valence-electron chi connectivity index (χ3n) is 4.26. The fourth-order valence-electron chi connectivity index (χ4n) is 2.73. The van der Waals surface area contributed by atoms with Crippen LogP contribution in [0.25, 0.3) is 0 Å². The summed E-state index contributed by atoms with van der Waals surface area (Å²) in [4.78, 5) is 13.9. The highest BCUT2D eigenvalue weighted by atomic mass is 15.2. The van der Waals surface area contributed by atoms with Gasteiger partial charge in [-0.15, -0.1) is 0 Å². The van der Waals surface area contributed by atoms with Crippen molar-refractivity contribution in [2.75, 3.05) is 52.9 Å². The Morgan fingerprint density at radius 3 is 2.71 bits per heavy atom. The molecule has 2 N–H and O–H groups in total. The van der Waals surface area contributed by atoms with E-state index in [4.69, 9.17) is 0 Å². The normalized spacial score (nSPS) is 17.0. The summed E-state index contributed by atoms with van der Waals surface area (Å²) in [6, 6.07) is 5.93. The van der Waals surface area contributed by atoms with Gasteiger partial charge < -0.3 is 20.4 Å². The van der Waals surface area contributed by atoms with E-state index in [-0.39, 0.29) is 0 Å². The summed E-state index contributed by atoms with van der Waals surface area (Å²) in [5, 5.41) is 6.71. The number of aromatic nitrogens is 1. The van der Waals surface area contributed by atoms with Gasteiger partial charge in [-0.1, -0.05) is 6.07 Å². The molecule has 0 spiro atoms. The number of aliphatic imine (C=N–C) groups is 1. The predicted octanol–water partition coefficient (Wildman–Crippen LogP) is 1.16. The van der Waals surface area contributed by atoms with Gasteiger partial charge in [0.1, 0.15) is 0 Å². The van der Waals surface area contributed by atoms with Gasteiger partial charge in [-0.2, -0.15) is 0 Å². The van der Waals surface area contributed by atoms with Crippen molar-refractivity contribution in [3.8, 4) is 0 Å². The van der Waals surface area contributed by atoms with E-state index >= 15 is 0 Å². The molecule has 1 saturated heterocycles. The van der Waals surface area contributed by atoms with Crippen LogP contribution < -0.4 is 10.6 Å². The van der Waals surface area contributed by atoms with Gasteiger partial charge in [0.15, 0.2) is 5.96 Å². The first-order chi connectivity index (χ1) is 11.8. The van der Waals surface area contributed by atoms with Crippen LogP contribution in [0, 0.1) is 0 Å². The molecule has 134 valence electrons. The molecule has 6 nitrogen and oxygen atoms in total. The van der Waals surface area contributed by atoms with Crippen molar-refractivity contribution >= 4 is 5.96 Å². The van der Waals surface area contributed by atoms with Gasteiger partial charge in [-0.05, 0) is 45.5 Å². The zero-order valence-corrected chi connectivity index (χ0v) is 15.2. The number of hydrogen-bond acceptors (Lipinski definition) is 4. The van der Waals surface area contributed by atoms with E-state index in [9.17, 15) is 0 Å². The number of rotatable bonds is 8. The average molecular weight is 332 g/mol. The van der Waals surface area contributed by atoms with Gasteiger partial charge in [0.25, 0.3) is 0 Å². The van der Waals surface area contributed by atoms with E-state index in [1.165, 1.54) is 45.6 Å². The molecular formula is C18H32N6. The van der Waals surface area contributed by atoms with Crippen LogP contribution in [0.4, 0.5) is 0 Å². The molecule has 1 aliphatic heterocycles. The molecule has 24 heavy (non-hydrogen) atoms. The summed E-state index contributed by atoms with van der Waals surface area (Å²) in [6.45, 7) is 10.5. The first-order valence-electron chi connectivity index (χ1n) is 9.11. The second-order valence-electron chi connectivity index (χ2n) is 6.30. The molecule has 1 fully saturated rings. The van der Waals surface area contributed by atoms with E-state index < -0.39 is 0 Å². The Labute approximate surface area is 146 Å². The molecule has 0 bridgehead atoms. The predicted molar refractivity (Wildman–Crippen MR) is 100 cm³/mol. The van der Waals surface area contributed by atoms with Crippen LogP contribution in [0.15, 0.2) is 29.4 Å². The number of guanidine groups is 1. The Hall–Kier alpha value is -1.66. The van der Waals surface area contributed by atoms with Crippen molar-refractivity contribution in [2.45, 2.75) is 26.3 Å². The van der Waals surface area contributed by atoms with Crippen LogP contribution in [0.3, 0.4) is 0 Å². The lowest BCUT2D eigenvalue weighted by atomic mass is 10.2. The van der Waals surface area contributed by atoms with E-state index in [0.29, 0.717) is 6.54 Å². The summed E-state index contributed by atoms with van der Waals surface area (Å²) in [5.74, 6) is 0.878. The SMILES string of the molecule is CCNC(=NCc1ccccn1)NCCCCN1CCN(C)CC1. The average Bonchev–Trinajstić information content (AvgIpc) is 2.62. The molecule has 0 radical (unpaired) electrons. The molecule has 0 atom stereocenters. The van der Waals surface area contributed by atoms with Gasteiger partial charge in [0, 0.05) is 45.5 Å². The van der Waals surface area contributed by atoms with Crippen molar-refractivity contribution in [3.63, 3.8) is 0 Å². The largest absolute Gasteiger partial charge is 0.357 e. The number of nitrogens with zero attached hydrogens (tertiary/aromatic N) is 4. The van der Waals surface area contributed by atoms with Gasteiger partial charge in [0.05, 0.1) is 12.2 Å². The quantitative estimate of drug-likeness (QED) is 0.425. The standard InChI is InChI=1S/C18H32N6/c1-3-19-18(22-16-17-8-4-5-9-20-17)21-10-6-7-11-24-14-12-23(2)13-15-24/h4-5,8-9H,3,6-7,10-16H2,1-2H3,(H2,19,21,22). The van der Waals surface area contributed by atoms with Gasteiger partial charge in [-0.25, -0.2) is 4.99 Å². The van der Waals surface area contributed by atoms with Gasteiger partial charge in [0.2, 0.25) is 0 Å². The Morgan fingerprint density at radius 2 is 2.00 bits per heavy atom. The summed E-state index contributed by atoms with van der Waals surface area (Å²) in [5.41, 5.74) is 0.991. The molecular weight excluding hydrogens is 300 g/mol. The summed E-state index contributed by atoms with van der Waals surface area (Å²) >= 11 is 0. The van der Waals surface area contributed by atoms with Crippen molar-refractivity contribution in [2.24, 2.45) is 4.99 Å².